The third-order valence-corrected chi connectivity index (χ3v) is 4.30. The molecule has 0 fully saturated rings. The molecule has 1 aromatic heterocycles. The van der Waals surface area contributed by atoms with Crippen molar-refractivity contribution in [2.45, 2.75) is 4.90 Å². The minimum atomic E-state index is -3.97. The van der Waals surface area contributed by atoms with Gasteiger partial charge in [0, 0.05) is 13.2 Å². The highest BCUT2D eigenvalue weighted by molar-refractivity contribution is 7.92. The second-order valence-electron chi connectivity index (χ2n) is 3.91. The molecule has 0 aliphatic heterocycles. The van der Waals surface area contributed by atoms with Gasteiger partial charge in [0.25, 0.3) is 10.0 Å². The predicted octanol–water partition coefficient (Wildman–Crippen LogP) is 2.25. The number of hydrogen-bond donors (Lipinski definition) is 2. The molecule has 0 amide bonds. The summed E-state index contributed by atoms with van der Waals surface area (Å²) in [6.45, 7) is 0. The van der Waals surface area contributed by atoms with Crippen LogP contribution < -0.4 is 10.5 Å². The van der Waals surface area contributed by atoms with Gasteiger partial charge in [0.15, 0.2) is 11.6 Å². The average Bonchev–Trinajstić information content (AvgIpc) is 2.65. The van der Waals surface area contributed by atoms with E-state index in [2.05, 4.69) is 9.82 Å². The minimum absolute atomic E-state index is 0.0182. The van der Waals surface area contributed by atoms with Gasteiger partial charge in [-0.2, -0.15) is 5.10 Å². The molecule has 0 spiro atoms. The largest absolute Gasteiger partial charge is 0.381 e. The maximum absolute atomic E-state index is 13.3. The van der Waals surface area contributed by atoms with E-state index in [1.807, 2.05) is 0 Å². The van der Waals surface area contributed by atoms with Crippen molar-refractivity contribution in [1.82, 2.24) is 9.78 Å². The van der Waals surface area contributed by atoms with Crippen molar-refractivity contribution in [2.24, 2.45) is 7.05 Å². The molecule has 1 aromatic carbocycles. The number of nitrogens with two attached hydrogens (primary N) is 1. The van der Waals surface area contributed by atoms with Crippen LogP contribution in [0.25, 0.3) is 0 Å². The summed E-state index contributed by atoms with van der Waals surface area (Å²) < 4.78 is 41.0. The quantitative estimate of drug-likeness (QED) is 0.840. The van der Waals surface area contributed by atoms with Gasteiger partial charge in [-0.15, -0.1) is 0 Å². The number of aryl methyl sites for hydroxylation is 1. The Labute approximate surface area is 124 Å². The smallest absolute Gasteiger partial charge is 0.267 e. The zero-order valence-corrected chi connectivity index (χ0v) is 12.4. The van der Waals surface area contributed by atoms with Crippen LogP contribution in [0.4, 0.5) is 15.9 Å². The molecule has 10 heteroatoms. The molecule has 0 unspecified atom stereocenters. The van der Waals surface area contributed by atoms with Crippen molar-refractivity contribution in [3.8, 4) is 0 Å². The zero-order valence-electron chi connectivity index (χ0n) is 10.1. The van der Waals surface area contributed by atoms with Gasteiger partial charge in [0.2, 0.25) is 0 Å². The molecule has 0 bridgehead atoms. The Morgan fingerprint density at radius 3 is 2.35 bits per heavy atom. The summed E-state index contributed by atoms with van der Waals surface area (Å²) in [6, 6.07) is 2.21. The van der Waals surface area contributed by atoms with Crippen molar-refractivity contribution in [2.75, 3.05) is 10.5 Å². The van der Waals surface area contributed by atoms with Crippen LogP contribution >= 0.6 is 23.2 Å². The van der Waals surface area contributed by atoms with Gasteiger partial charge >= 0.3 is 0 Å². The fraction of sp³-hybridized carbons (Fsp3) is 0.100. The number of sulfonamides is 1. The summed E-state index contributed by atoms with van der Waals surface area (Å²) in [5.41, 5.74) is 5.52. The molecule has 3 N–H and O–H groups in total. The van der Waals surface area contributed by atoms with Crippen molar-refractivity contribution in [3.63, 3.8) is 0 Å². The van der Waals surface area contributed by atoms with Crippen LogP contribution in [0.5, 0.6) is 0 Å². The first-order valence-electron chi connectivity index (χ1n) is 5.17. The standard InChI is InChI=1S/C10H9Cl2FN4O2S/c1-17-4-8(10(14)15-17)20(18,19)16-5-2-6(11)9(13)7(12)3-5/h2-4,16H,1H3,(H2,14,15). The Hall–Kier alpha value is -1.51. The van der Waals surface area contributed by atoms with Crippen molar-refractivity contribution < 1.29 is 12.8 Å². The molecule has 0 aliphatic carbocycles. The number of nitrogens with one attached hydrogen (secondary N) is 1. The molecule has 2 aromatic rings. The third-order valence-electron chi connectivity index (χ3n) is 2.35. The van der Waals surface area contributed by atoms with Crippen molar-refractivity contribution in [3.05, 3.63) is 34.2 Å². The van der Waals surface area contributed by atoms with Gasteiger partial charge in [-0.25, -0.2) is 12.8 Å². The predicted molar refractivity (Wildman–Crippen MR) is 74.8 cm³/mol. The number of nitrogens with zero attached hydrogens (tertiary/aromatic N) is 2. The minimum Gasteiger partial charge on any atom is -0.381 e. The highest BCUT2D eigenvalue weighted by Crippen LogP contribution is 2.29. The van der Waals surface area contributed by atoms with Crippen LogP contribution in [0.1, 0.15) is 0 Å². The van der Waals surface area contributed by atoms with Crippen molar-refractivity contribution >= 4 is 44.7 Å². The van der Waals surface area contributed by atoms with E-state index in [4.69, 9.17) is 28.9 Å². The van der Waals surface area contributed by atoms with E-state index in [0.717, 1.165) is 12.1 Å². The molecule has 1 heterocycles. The first-order chi connectivity index (χ1) is 9.20. The van der Waals surface area contributed by atoms with E-state index in [-0.39, 0.29) is 26.4 Å². The Balaban J connectivity index is 2.41. The topological polar surface area (TPSA) is 90.0 Å². The molecular weight excluding hydrogens is 330 g/mol. The number of halogens is 3. The molecule has 20 heavy (non-hydrogen) atoms. The fourth-order valence-electron chi connectivity index (χ4n) is 1.52. The normalized spacial score (nSPS) is 11.6. The summed E-state index contributed by atoms with van der Waals surface area (Å²) >= 11 is 11.2. The van der Waals surface area contributed by atoms with E-state index in [9.17, 15) is 12.8 Å². The number of nitrogen functional groups attached to an aromatic ring is 1. The van der Waals surface area contributed by atoms with Gasteiger partial charge in [-0.3, -0.25) is 9.40 Å². The third kappa shape index (κ3) is 2.82. The monoisotopic (exact) mass is 338 g/mol. The van der Waals surface area contributed by atoms with Gasteiger partial charge in [-0.1, -0.05) is 23.2 Å². The molecule has 0 radical (unpaired) electrons. The summed E-state index contributed by atoms with van der Waals surface area (Å²) in [6.07, 6.45) is 1.24. The maximum atomic E-state index is 13.3. The van der Waals surface area contributed by atoms with Crippen molar-refractivity contribution in [1.29, 1.82) is 0 Å². The Morgan fingerprint density at radius 1 is 1.35 bits per heavy atom. The lowest BCUT2D eigenvalue weighted by Crippen LogP contribution is -2.14. The number of benzene rings is 1. The number of aromatic nitrogens is 2. The maximum Gasteiger partial charge on any atom is 0.267 e. The van der Waals surface area contributed by atoms with Gasteiger partial charge in [-0.05, 0) is 12.1 Å². The lowest BCUT2D eigenvalue weighted by Gasteiger charge is -2.08. The molecule has 0 atom stereocenters. The van der Waals surface area contributed by atoms with Crippen LogP contribution in [0.15, 0.2) is 23.2 Å². The average molecular weight is 339 g/mol. The van der Waals surface area contributed by atoms with E-state index in [0.29, 0.717) is 0 Å². The summed E-state index contributed by atoms with van der Waals surface area (Å²) in [7, 11) is -2.44. The van der Waals surface area contributed by atoms with Crippen LogP contribution in [0.3, 0.4) is 0 Å². The van der Waals surface area contributed by atoms with Crippen LogP contribution in [-0.2, 0) is 17.1 Å². The summed E-state index contributed by atoms with van der Waals surface area (Å²) in [5.74, 6) is -0.975. The SMILES string of the molecule is Cn1cc(S(=O)(=O)Nc2cc(Cl)c(F)c(Cl)c2)c(N)n1. The lowest BCUT2D eigenvalue weighted by molar-refractivity contribution is 0.601. The molecule has 0 aliphatic rings. The van der Waals surface area contributed by atoms with Crippen LogP contribution in [0.2, 0.25) is 10.0 Å². The highest BCUT2D eigenvalue weighted by atomic mass is 35.5. The Bertz CT molecular complexity index is 753. The van der Waals surface area contributed by atoms with Gasteiger partial charge in [0.1, 0.15) is 4.90 Å². The summed E-state index contributed by atoms with van der Waals surface area (Å²) in [5, 5.41) is 3.14. The first-order valence-corrected chi connectivity index (χ1v) is 7.41. The van der Waals surface area contributed by atoms with E-state index < -0.39 is 15.8 Å². The lowest BCUT2D eigenvalue weighted by atomic mass is 10.3. The van der Waals surface area contributed by atoms with Crippen LogP contribution in [0, 0.1) is 5.82 Å². The number of rotatable bonds is 3. The fourth-order valence-corrected chi connectivity index (χ4v) is 3.15. The second kappa shape index (κ2) is 5.12. The molecule has 6 nitrogen and oxygen atoms in total. The summed E-state index contributed by atoms with van der Waals surface area (Å²) in [4.78, 5) is -0.198. The molecule has 2 rings (SSSR count). The van der Waals surface area contributed by atoms with Crippen LogP contribution in [-0.4, -0.2) is 18.2 Å². The molecule has 0 saturated heterocycles. The first kappa shape index (κ1) is 14.9. The molecule has 0 saturated carbocycles. The Morgan fingerprint density at radius 2 is 1.90 bits per heavy atom. The zero-order chi connectivity index (χ0) is 15.1. The number of hydrogen-bond acceptors (Lipinski definition) is 4. The second-order valence-corrected chi connectivity index (χ2v) is 6.38. The van der Waals surface area contributed by atoms with E-state index in [1.165, 1.54) is 17.9 Å². The van der Waals surface area contributed by atoms with E-state index in [1.54, 1.807) is 0 Å². The molecule has 108 valence electrons. The Kier molecular flexibility index (Phi) is 3.81. The van der Waals surface area contributed by atoms with E-state index >= 15 is 0 Å². The van der Waals surface area contributed by atoms with Gasteiger partial charge in [0.05, 0.1) is 15.7 Å². The number of anilines is 2. The molecular formula is C10H9Cl2FN4O2S. The van der Waals surface area contributed by atoms with Gasteiger partial charge < -0.3 is 5.73 Å². The highest BCUT2D eigenvalue weighted by Gasteiger charge is 2.21.